The fraction of sp³-hybridized carbons (Fsp3) is 0.662. The molecule has 0 saturated carbocycles. The lowest BCUT2D eigenvalue weighted by atomic mass is 10.0. The number of rotatable bonds is 55. The van der Waals surface area contributed by atoms with Crippen LogP contribution >= 0.6 is 7.82 Å². The van der Waals surface area contributed by atoms with Crippen molar-refractivity contribution < 1.29 is 32.9 Å². The van der Waals surface area contributed by atoms with E-state index in [9.17, 15) is 19.4 Å². The zero-order valence-corrected chi connectivity index (χ0v) is 51.0. The number of carbonyl (C=O) groups is 1. The maximum Gasteiger partial charge on any atom is 0.472 e. The lowest BCUT2D eigenvalue weighted by molar-refractivity contribution is -0.870. The first-order valence-corrected chi connectivity index (χ1v) is 32.6. The van der Waals surface area contributed by atoms with E-state index in [-0.39, 0.29) is 19.1 Å². The first-order valence-electron chi connectivity index (χ1n) is 31.1. The lowest BCUT2D eigenvalue weighted by Crippen LogP contribution is -2.45. The van der Waals surface area contributed by atoms with Crippen LogP contribution in [-0.4, -0.2) is 73.4 Å². The highest BCUT2D eigenvalue weighted by Crippen LogP contribution is 2.43. The van der Waals surface area contributed by atoms with Crippen LogP contribution in [0.15, 0.2) is 134 Å². The summed E-state index contributed by atoms with van der Waals surface area (Å²) in [5.41, 5.74) is 0. The molecule has 0 aromatic heterocycles. The molecule has 0 bridgehead atoms. The van der Waals surface area contributed by atoms with Crippen molar-refractivity contribution >= 4 is 13.7 Å². The number of nitrogens with one attached hydrogen (secondary N) is 1. The van der Waals surface area contributed by atoms with Crippen LogP contribution in [0.3, 0.4) is 0 Å². The van der Waals surface area contributed by atoms with Crippen molar-refractivity contribution in [2.45, 2.75) is 251 Å². The van der Waals surface area contributed by atoms with Crippen LogP contribution in [0, 0.1) is 0 Å². The highest BCUT2D eigenvalue weighted by Gasteiger charge is 2.27. The van der Waals surface area contributed by atoms with Gasteiger partial charge in [0.1, 0.15) is 13.2 Å². The number of hydrogen-bond donors (Lipinski definition) is 3. The molecule has 9 heteroatoms. The fourth-order valence-electron chi connectivity index (χ4n) is 8.27. The number of unbranched alkanes of at least 4 members (excludes halogenated alkanes) is 22. The molecule has 0 heterocycles. The quantitative estimate of drug-likeness (QED) is 0.0243. The van der Waals surface area contributed by atoms with Crippen molar-refractivity contribution in [1.29, 1.82) is 0 Å². The van der Waals surface area contributed by atoms with E-state index in [2.05, 4.69) is 141 Å². The van der Waals surface area contributed by atoms with Crippen molar-refractivity contribution in [3.63, 3.8) is 0 Å². The first kappa shape index (κ1) is 73.6. The maximum atomic E-state index is 13.0. The van der Waals surface area contributed by atoms with Gasteiger partial charge in [-0.25, -0.2) is 4.57 Å². The Hall–Kier alpha value is -3.36. The van der Waals surface area contributed by atoms with E-state index in [4.69, 9.17) is 9.05 Å². The highest BCUT2D eigenvalue weighted by atomic mass is 31.2. The van der Waals surface area contributed by atoms with Gasteiger partial charge in [-0.2, -0.15) is 0 Å². The number of aliphatic hydroxyl groups excluding tert-OH is 1. The predicted octanol–water partition coefficient (Wildman–Crippen LogP) is 19.5. The molecule has 77 heavy (non-hydrogen) atoms. The third-order valence-electron chi connectivity index (χ3n) is 13.1. The van der Waals surface area contributed by atoms with Crippen molar-refractivity contribution in [1.82, 2.24) is 5.32 Å². The summed E-state index contributed by atoms with van der Waals surface area (Å²) in [6, 6.07) is -0.885. The molecule has 1 amide bonds. The second-order valence-corrected chi connectivity index (χ2v) is 23.1. The number of quaternary nitrogens is 1. The minimum absolute atomic E-state index is 0.0448. The molecule has 0 saturated heterocycles. The molecule has 0 fully saturated rings. The summed E-state index contributed by atoms with van der Waals surface area (Å²) >= 11 is 0. The van der Waals surface area contributed by atoms with Gasteiger partial charge in [-0.05, 0) is 109 Å². The van der Waals surface area contributed by atoms with E-state index >= 15 is 0 Å². The van der Waals surface area contributed by atoms with Crippen molar-refractivity contribution in [3.8, 4) is 0 Å². The molecule has 3 unspecified atom stereocenters. The minimum atomic E-state index is -4.37. The Labute approximate surface area is 475 Å². The molecule has 0 spiro atoms. The second kappa shape index (κ2) is 57.3. The number of carbonyl (C=O) groups excluding carboxylic acids is 1. The minimum Gasteiger partial charge on any atom is -0.387 e. The number of nitrogens with zero attached hydrogens (tertiary/aromatic N) is 1. The van der Waals surface area contributed by atoms with Gasteiger partial charge in [0.2, 0.25) is 5.91 Å². The standard InChI is InChI=1S/C68H117N2O6P/c1-6-8-10-12-14-16-18-20-22-24-26-28-30-31-32-33-34-35-36-37-38-39-40-42-44-46-48-50-52-54-56-58-60-62-68(72)69-66(65-76-77(73,74)75-64-63-70(3,4)5)67(71)61-59-57-55-53-51-49-47-45-43-41-29-27-25-23-21-19-17-15-13-11-9-7-2/h8,10,14,16,20,22,26,28,31-32,34-35,37-38,40,42-43,45,51,53,59,61,66-67,71H,6-7,9,11-13,15,17-19,21,23-25,27,29-30,33,36,39,41,44,46-50,52,54-58,60,62-65H2,1-5H3,(H-,69,72,73,74)/p+1/b10-8-,16-14-,22-20-,28-26-,32-31-,35-34-,38-37-,42-40-,45-43+,53-51+,61-59+. The Kier molecular flexibility index (Phi) is 54.8. The van der Waals surface area contributed by atoms with Crippen LogP contribution in [0.2, 0.25) is 0 Å². The molecule has 0 aliphatic rings. The predicted molar refractivity (Wildman–Crippen MR) is 336 cm³/mol. The van der Waals surface area contributed by atoms with E-state index in [1.54, 1.807) is 6.08 Å². The summed E-state index contributed by atoms with van der Waals surface area (Å²) in [7, 11) is 1.52. The summed E-state index contributed by atoms with van der Waals surface area (Å²) in [5.74, 6) is -0.204. The Morgan fingerprint density at radius 3 is 1.19 bits per heavy atom. The summed E-state index contributed by atoms with van der Waals surface area (Å²) in [6.07, 6.45) is 87.1. The normalized spacial score (nSPS) is 14.7. The van der Waals surface area contributed by atoms with E-state index in [0.29, 0.717) is 17.4 Å². The maximum absolute atomic E-state index is 13.0. The third-order valence-corrected chi connectivity index (χ3v) is 14.1. The largest absolute Gasteiger partial charge is 0.472 e. The Bertz CT molecular complexity index is 1710. The summed E-state index contributed by atoms with van der Waals surface area (Å²) in [6.45, 7) is 4.66. The van der Waals surface area contributed by atoms with Crippen molar-refractivity contribution in [3.05, 3.63) is 134 Å². The summed E-state index contributed by atoms with van der Waals surface area (Å²) in [5, 5.41) is 13.9. The molecule has 0 aromatic rings. The number of allylic oxidation sites excluding steroid dienone is 21. The monoisotopic (exact) mass is 1090 g/mol. The highest BCUT2D eigenvalue weighted by molar-refractivity contribution is 7.47. The molecule has 3 N–H and O–H groups in total. The Morgan fingerprint density at radius 2 is 0.792 bits per heavy atom. The number of amides is 1. The molecule has 0 aliphatic heterocycles. The average molecular weight is 1090 g/mol. The molecule has 0 rings (SSSR count). The molecular weight excluding hydrogens is 972 g/mol. The van der Waals surface area contributed by atoms with Gasteiger partial charge >= 0.3 is 7.82 Å². The zero-order chi connectivity index (χ0) is 56.3. The number of phosphoric acid groups is 1. The van der Waals surface area contributed by atoms with Gasteiger partial charge in [0.15, 0.2) is 0 Å². The smallest absolute Gasteiger partial charge is 0.387 e. The SMILES string of the molecule is CC/C=C\C/C=C\C/C=C\C/C=C\C/C=C\C/C=C\C/C=C\C/C=C\CCCCCCCCCCC(=O)NC(COP(=O)(O)OCC[N+](C)(C)C)C(O)/C=C/CC/C=C/CC/C=C/CCCCCCCCCCCCCC. The number of phosphoric ester groups is 1. The number of likely N-dealkylation sites (N-methyl/N-ethyl adjacent to an activating group) is 1. The summed E-state index contributed by atoms with van der Waals surface area (Å²) < 4.78 is 23.7. The third kappa shape index (κ3) is 60.1. The van der Waals surface area contributed by atoms with Crippen LogP contribution < -0.4 is 5.32 Å². The van der Waals surface area contributed by atoms with Gasteiger partial charge in [0.25, 0.3) is 0 Å². The Balaban J connectivity index is 4.28. The first-order chi connectivity index (χ1) is 37.5. The number of aliphatic hydroxyl groups is 1. The van der Waals surface area contributed by atoms with Crippen LogP contribution in [0.5, 0.6) is 0 Å². The topological polar surface area (TPSA) is 105 Å². The van der Waals surface area contributed by atoms with E-state index < -0.39 is 20.0 Å². The second-order valence-electron chi connectivity index (χ2n) is 21.7. The average Bonchev–Trinajstić information content (AvgIpc) is 3.39. The van der Waals surface area contributed by atoms with Gasteiger partial charge in [-0.15, -0.1) is 0 Å². The van der Waals surface area contributed by atoms with E-state index in [1.165, 1.54) is 109 Å². The van der Waals surface area contributed by atoms with Crippen LogP contribution in [0.25, 0.3) is 0 Å². The van der Waals surface area contributed by atoms with E-state index in [0.717, 1.165) is 109 Å². The van der Waals surface area contributed by atoms with Gasteiger partial charge in [-0.1, -0.05) is 257 Å². The number of hydrogen-bond acceptors (Lipinski definition) is 5. The molecule has 8 nitrogen and oxygen atoms in total. The van der Waals surface area contributed by atoms with Crippen LogP contribution in [-0.2, 0) is 18.4 Å². The molecule has 440 valence electrons. The van der Waals surface area contributed by atoms with Gasteiger partial charge in [0.05, 0.1) is 39.9 Å². The van der Waals surface area contributed by atoms with E-state index in [1.807, 2.05) is 27.2 Å². The molecule has 0 aliphatic carbocycles. The van der Waals surface area contributed by atoms with Crippen molar-refractivity contribution in [2.24, 2.45) is 0 Å². The van der Waals surface area contributed by atoms with Crippen LogP contribution in [0.4, 0.5) is 0 Å². The lowest BCUT2D eigenvalue weighted by Gasteiger charge is -2.25. The Morgan fingerprint density at radius 1 is 0.455 bits per heavy atom. The van der Waals surface area contributed by atoms with Gasteiger partial charge in [-0.3, -0.25) is 13.8 Å². The van der Waals surface area contributed by atoms with Gasteiger partial charge in [0, 0.05) is 6.42 Å². The van der Waals surface area contributed by atoms with Crippen molar-refractivity contribution in [2.75, 3.05) is 40.9 Å². The molecular formula is C68H118N2O6P+. The fourth-order valence-corrected chi connectivity index (χ4v) is 9.00. The van der Waals surface area contributed by atoms with Crippen LogP contribution in [0.1, 0.15) is 239 Å². The molecule has 0 radical (unpaired) electrons. The zero-order valence-electron chi connectivity index (χ0n) is 50.1. The van der Waals surface area contributed by atoms with Gasteiger partial charge < -0.3 is 19.8 Å². The molecule has 0 aromatic carbocycles. The summed E-state index contributed by atoms with van der Waals surface area (Å²) in [4.78, 5) is 23.3. The molecule has 3 atom stereocenters.